The van der Waals surface area contributed by atoms with Crippen LogP contribution in [0.3, 0.4) is 0 Å². The molecule has 6 nitrogen and oxygen atoms in total. The predicted molar refractivity (Wildman–Crippen MR) is 86.9 cm³/mol. The van der Waals surface area contributed by atoms with Crippen molar-refractivity contribution in [3.8, 4) is 0 Å². The van der Waals surface area contributed by atoms with E-state index in [1.165, 1.54) is 6.39 Å². The normalized spacial score (nSPS) is 25.1. The van der Waals surface area contributed by atoms with Gasteiger partial charge in [-0.2, -0.15) is 0 Å². The molecule has 2 saturated heterocycles. The lowest BCUT2D eigenvalue weighted by Gasteiger charge is -2.42. The average Bonchev–Trinajstić information content (AvgIpc) is 3.03. The molecule has 1 amide bonds. The van der Waals surface area contributed by atoms with Crippen LogP contribution in [-0.2, 0) is 4.79 Å². The van der Waals surface area contributed by atoms with Crippen molar-refractivity contribution in [3.05, 3.63) is 12.3 Å². The summed E-state index contributed by atoms with van der Waals surface area (Å²) >= 11 is 0. The van der Waals surface area contributed by atoms with Crippen molar-refractivity contribution in [2.45, 2.75) is 58.4 Å². The maximum atomic E-state index is 12.9. The molecule has 0 aromatic carbocycles. The Morgan fingerprint density at radius 1 is 1.22 bits per heavy atom. The molecule has 2 aliphatic rings. The van der Waals surface area contributed by atoms with Gasteiger partial charge in [-0.05, 0) is 44.2 Å². The first-order valence-corrected chi connectivity index (χ1v) is 8.73. The van der Waals surface area contributed by atoms with Crippen LogP contribution in [-0.4, -0.2) is 58.1 Å². The second kappa shape index (κ2) is 6.59. The fourth-order valence-electron chi connectivity index (χ4n) is 3.81. The first kappa shape index (κ1) is 16.4. The topological polar surface area (TPSA) is 62.5 Å². The summed E-state index contributed by atoms with van der Waals surface area (Å²) in [5.41, 5.74) is 0.155. The van der Waals surface area contributed by atoms with Crippen molar-refractivity contribution >= 4 is 5.91 Å². The van der Waals surface area contributed by atoms with Crippen molar-refractivity contribution in [1.29, 1.82) is 0 Å². The van der Waals surface area contributed by atoms with Gasteiger partial charge in [0.05, 0.1) is 6.04 Å². The number of nitrogens with zero attached hydrogens (tertiary/aromatic N) is 4. The van der Waals surface area contributed by atoms with Crippen molar-refractivity contribution in [2.24, 2.45) is 5.41 Å². The summed E-state index contributed by atoms with van der Waals surface area (Å²) in [5, 5.41) is 7.81. The van der Waals surface area contributed by atoms with E-state index in [9.17, 15) is 4.79 Å². The molecule has 1 unspecified atom stereocenters. The minimum atomic E-state index is 0.0646. The summed E-state index contributed by atoms with van der Waals surface area (Å²) in [6, 6.07) is 0.0646. The molecule has 0 aliphatic carbocycles. The molecule has 0 spiro atoms. The fraction of sp³-hybridized carbons (Fsp3) is 0.824. The minimum Gasteiger partial charge on any atom is -0.428 e. The van der Waals surface area contributed by atoms with E-state index >= 15 is 0 Å². The van der Waals surface area contributed by atoms with Crippen LogP contribution in [0.4, 0.5) is 0 Å². The van der Waals surface area contributed by atoms with Gasteiger partial charge in [0.2, 0.25) is 18.2 Å². The van der Waals surface area contributed by atoms with E-state index in [0.29, 0.717) is 11.8 Å². The van der Waals surface area contributed by atoms with E-state index < -0.39 is 0 Å². The van der Waals surface area contributed by atoms with Gasteiger partial charge in [-0.1, -0.05) is 20.8 Å². The molecule has 6 heteroatoms. The van der Waals surface area contributed by atoms with Gasteiger partial charge in [-0.25, -0.2) is 0 Å². The Morgan fingerprint density at radius 2 is 1.96 bits per heavy atom. The van der Waals surface area contributed by atoms with Crippen LogP contribution < -0.4 is 0 Å². The Morgan fingerprint density at radius 3 is 2.57 bits per heavy atom. The Balaban J connectivity index is 1.58. The lowest BCUT2D eigenvalue weighted by atomic mass is 9.91. The van der Waals surface area contributed by atoms with Gasteiger partial charge in [-0.15, -0.1) is 10.2 Å². The van der Waals surface area contributed by atoms with Gasteiger partial charge in [0.15, 0.2) is 0 Å². The van der Waals surface area contributed by atoms with Crippen molar-refractivity contribution < 1.29 is 9.21 Å². The van der Waals surface area contributed by atoms with E-state index in [0.717, 1.165) is 57.8 Å². The number of carbonyl (C=O) groups is 1. The summed E-state index contributed by atoms with van der Waals surface area (Å²) < 4.78 is 5.33. The predicted octanol–water partition coefficient (Wildman–Crippen LogP) is 2.29. The number of hydrogen-bond donors (Lipinski definition) is 0. The van der Waals surface area contributed by atoms with E-state index in [4.69, 9.17) is 4.42 Å². The molecule has 3 heterocycles. The third-order valence-electron chi connectivity index (χ3n) is 4.86. The molecular formula is C17H28N4O2. The lowest BCUT2D eigenvalue weighted by Crippen LogP contribution is -2.55. The molecule has 128 valence electrons. The molecule has 0 bridgehead atoms. The maximum Gasteiger partial charge on any atom is 0.239 e. The molecule has 23 heavy (non-hydrogen) atoms. The smallest absolute Gasteiger partial charge is 0.239 e. The molecule has 2 fully saturated rings. The van der Waals surface area contributed by atoms with Crippen molar-refractivity contribution in [3.63, 3.8) is 0 Å². The quantitative estimate of drug-likeness (QED) is 0.855. The van der Waals surface area contributed by atoms with Crippen LogP contribution in [0.25, 0.3) is 0 Å². The highest BCUT2D eigenvalue weighted by Gasteiger charge is 2.36. The number of aromatic nitrogens is 2. The Kier molecular flexibility index (Phi) is 4.71. The highest BCUT2D eigenvalue weighted by molar-refractivity contribution is 5.82. The fourth-order valence-corrected chi connectivity index (χ4v) is 3.81. The standard InChI is InChI=1S/C17H28N4O2/c1-17(2,3)11-21-8-4-5-14(16(21)22)20-9-6-13(7-10-20)15-19-18-12-23-15/h12-14H,4-11H2,1-3H3. The third kappa shape index (κ3) is 3.91. The molecule has 2 aliphatic heterocycles. The largest absolute Gasteiger partial charge is 0.428 e. The zero-order valence-electron chi connectivity index (χ0n) is 14.5. The number of amides is 1. The molecular weight excluding hydrogens is 292 g/mol. The summed E-state index contributed by atoms with van der Waals surface area (Å²) in [6.45, 7) is 10.2. The van der Waals surface area contributed by atoms with Gasteiger partial charge < -0.3 is 9.32 Å². The number of hydrogen-bond acceptors (Lipinski definition) is 5. The zero-order valence-corrected chi connectivity index (χ0v) is 14.5. The Hall–Kier alpha value is -1.43. The van der Waals surface area contributed by atoms with Gasteiger partial charge >= 0.3 is 0 Å². The molecule has 1 aromatic heterocycles. The van der Waals surface area contributed by atoms with Crippen LogP contribution in [0.5, 0.6) is 0 Å². The van der Waals surface area contributed by atoms with Gasteiger partial charge in [0, 0.05) is 19.0 Å². The SMILES string of the molecule is CC(C)(C)CN1CCCC(N2CCC(c3nnco3)CC2)C1=O. The molecule has 3 rings (SSSR count). The highest BCUT2D eigenvalue weighted by Crippen LogP contribution is 2.30. The van der Waals surface area contributed by atoms with Crippen LogP contribution >= 0.6 is 0 Å². The summed E-state index contributed by atoms with van der Waals surface area (Å²) in [6.07, 6.45) is 5.48. The van der Waals surface area contributed by atoms with E-state index in [-0.39, 0.29) is 11.5 Å². The zero-order chi connectivity index (χ0) is 16.4. The second-order valence-corrected chi connectivity index (χ2v) is 8.07. The summed E-state index contributed by atoms with van der Waals surface area (Å²) in [4.78, 5) is 17.3. The first-order chi connectivity index (χ1) is 10.9. The molecule has 0 saturated carbocycles. The van der Waals surface area contributed by atoms with E-state index in [2.05, 4.69) is 40.8 Å². The summed E-state index contributed by atoms with van der Waals surface area (Å²) in [7, 11) is 0. The number of likely N-dealkylation sites (tertiary alicyclic amines) is 2. The number of rotatable bonds is 3. The lowest BCUT2D eigenvalue weighted by molar-refractivity contribution is -0.142. The molecule has 0 N–H and O–H groups in total. The number of carbonyl (C=O) groups excluding carboxylic acids is 1. The van der Waals surface area contributed by atoms with Crippen LogP contribution in [0.1, 0.15) is 58.3 Å². The Bertz CT molecular complexity index is 515. The maximum absolute atomic E-state index is 12.9. The monoisotopic (exact) mass is 320 g/mol. The second-order valence-electron chi connectivity index (χ2n) is 8.07. The van der Waals surface area contributed by atoms with Gasteiger partial charge in [0.1, 0.15) is 0 Å². The van der Waals surface area contributed by atoms with Gasteiger partial charge in [-0.3, -0.25) is 9.69 Å². The molecule has 0 radical (unpaired) electrons. The van der Waals surface area contributed by atoms with E-state index in [1.807, 2.05) is 0 Å². The highest BCUT2D eigenvalue weighted by atomic mass is 16.4. The van der Waals surface area contributed by atoms with Crippen molar-refractivity contribution in [2.75, 3.05) is 26.2 Å². The first-order valence-electron chi connectivity index (χ1n) is 8.73. The van der Waals surface area contributed by atoms with E-state index in [1.54, 1.807) is 0 Å². The van der Waals surface area contributed by atoms with Crippen LogP contribution in [0, 0.1) is 5.41 Å². The van der Waals surface area contributed by atoms with Crippen LogP contribution in [0.15, 0.2) is 10.8 Å². The minimum absolute atomic E-state index is 0.0646. The van der Waals surface area contributed by atoms with Crippen LogP contribution in [0.2, 0.25) is 0 Å². The van der Waals surface area contributed by atoms with Gasteiger partial charge in [0.25, 0.3) is 0 Å². The van der Waals surface area contributed by atoms with Crippen molar-refractivity contribution in [1.82, 2.24) is 20.0 Å². The average molecular weight is 320 g/mol. The number of piperidine rings is 2. The molecule has 1 atom stereocenters. The Labute approximate surface area is 138 Å². The molecule has 1 aromatic rings. The third-order valence-corrected chi connectivity index (χ3v) is 4.86. The summed E-state index contributed by atoms with van der Waals surface area (Å²) in [5.74, 6) is 1.41.